The highest BCUT2D eigenvalue weighted by Crippen LogP contribution is 2.56. The molecule has 1 unspecified atom stereocenters. The van der Waals surface area contributed by atoms with Gasteiger partial charge in [0.05, 0.1) is 35.9 Å². The van der Waals surface area contributed by atoms with Gasteiger partial charge < -0.3 is 36.6 Å². The number of aromatic hydroxyl groups is 1. The number of Topliss-reactive ketones (excluding diaryl/α,β-unsaturated/α-hetero) is 2. The summed E-state index contributed by atoms with van der Waals surface area (Å²) >= 11 is 0. The first-order valence-electron chi connectivity index (χ1n) is 13.9. The third-order valence-electron chi connectivity index (χ3n) is 9.22. The molecule has 0 spiro atoms. The van der Waals surface area contributed by atoms with Crippen LogP contribution in [0.5, 0.6) is 5.75 Å². The van der Waals surface area contributed by atoms with E-state index in [9.17, 15) is 44.7 Å². The second-order valence-electron chi connectivity index (χ2n) is 11.9. The molecule has 1 heterocycles. The Bertz CT molecular complexity index is 1440. The molecule has 1 aromatic rings. The van der Waals surface area contributed by atoms with E-state index < -0.39 is 81.4 Å². The molecule has 0 bridgehead atoms. The summed E-state index contributed by atoms with van der Waals surface area (Å²) in [4.78, 5) is 55.5. The van der Waals surface area contributed by atoms with Crippen molar-refractivity contribution in [3.63, 3.8) is 0 Å². The lowest BCUT2D eigenvalue weighted by atomic mass is 9.54. The Labute approximate surface area is 241 Å². The first-order valence-corrected chi connectivity index (χ1v) is 13.9. The van der Waals surface area contributed by atoms with Gasteiger partial charge >= 0.3 is 0 Å². The van der Waals surface area contributed by atoms with Crippen LogP contribution in [0.3, 0.4) is 0 Å². The molecule has 0 aromatic heterocycles. The van der Waals surface area contributed by atoms with Gasteiger partial charge in [-0.2, -0.15) is 0 Å². The summed E-state index contributed by atoms with van der Waals surface area (Å²) in [6.07, 6.45) is 1.40. The predicted octanol–water partition coefficient (Wildman–Crippen LogP) is -0.0798. The van der Waals surface area contributed by atoms with E-state index in [0.29, 0.717) is 5.56 Å². The molecule has 1 aliphatic heterocycles. The van der Waals surface area contributed by atoms with Crippen molar-refractivity contribution in [2.24, 2.45) is 17.6 Å². The van der Waals surface area contributed by atoms with Crippen LogP contribution in [-0.2, 0) is 19.2 Å². The van der Waals surface area contributed by atoms with Gasteiger partial charge in [-0.1, -0.05) is 19.4 Å². The number of likely N-dealkylation sites (N-methyl/N-ethyl adjacent to an activating group) is 1. The molecular formula is C29H36N4O9. The number of phenols is 1. The fraction of sp³-hybridized carbons (Fsp3) is 0.517. The maximum absolute atomic E-state index is 14.1. The summed E-state index contributed by atoms with van der Waals surface area (Å²) in [6, 6.07) is 1.60. The largest absolute Gasteiger partial charge is 0.508 e. The number of carbonyl (C=O) groups is 4. The molecule has 4 aliphatic rings. The van der Waals surface area contributed by atoms with Crippen LogP contribution in [-0.4, -0.2) is 110 Å². The zero-order valence-corrected chi connectivity index (χ0v) is 23.6. The third-order valence-corrected chi connectivity index (χ3v) is 9.22. The summed E-state index contributed by atoms with van der Waals surface area (Å²) in [6.45, 7) is 3.32. The molecule has 3 aliphatic carbocycles. The number of ketones is 2. The van der Waals surface area contributed by atoms with E-state index in [0.717, 1.165) is 32.4 Å². The van der Waals surface area contributed by atoms with Crippen molar-refractivity contribution >= 4 is 34.8 Å². The number of likely N-dealkylation sites (tertiary alicyclic amines) is 1. The number of primary amides is 1. The molecule has 1 saturated heterocycles. The topological polar surface area (TPSA) is 214 Å². The van der Waals surface area contributed by atoms with Gasteiger partial charge in [0.1, 0.15) is 22.8 Å². The monoisotopic (exact) mass is 584 g/mol. The molecule has 5 rings (SSSR count). The lowest BCUT2D eigenvalue weighted by Gasteiger charge is -2.53. The van der Waals surface area contributed by atoms with Gasteiger partial charge in [0.2, 0.25) is 11.7 Å². The number of amides is 2. The average Bonchev–Trinajstić information content (AvgIpc) is 2.92. The number of rotatable bonds is 5. The number of nitrogens with zero attached hydrogens (tertiary/aromatic N) is 2. The second kappa shape index (κ2) is 10.5. The lowest BCUT2D eigenvalue weighted by molar-refractivity contribution is -0.169. The van der Waals surface area contributed by atoms with Crippen molar-refractivity contribution in [1.82, 2.24) is 9.80 Å². The third kappa shape index (κ3) is 4.22. The van der Waals surface area contributed by atoms with Crippen LogP contribution >= 0.6 is 0 Å². The van der Waals surface area contributed by atoms with Crippen molar-refractivity contribution in [3.05, 3.63) is 40.2 Å². The number of piperidine rings is 1. The number of hydrogen-bond acceptors (Lipinski definition) is 11. The van der Waals surface area contributed by atoms with Gasteiger partial charge in [-0.3, -0.25) is 29.0 Å². The standard InChI is InChI=1S/C29H36N4O9/c1-12-13-7-8-14(31-15(34)11-33-9-5-4-6-10-33)22(35)17(13)23(36)18-16(12)24(37)20-21(32(2)3)25(38)19(28(30)41)27(40)29(20,42)26(18)39/h7-8,12,16,20-21,24,35-37,40,42H,4-6,9-11H2,1-3H3,(H2,30,41)(H,31,34)/t12-,16?,20+,21-,24-,29-/m0/s1. The number of aliphatic hydroxyl groups excluding tert-OH is 3. The molecule has 2 fully saturated rings. The van der Waals surface area contributed by atoms with Crippen LogP contribution < -0.4 is 11.1 Å². The first kappa shape index (κ1) is 29.7. The zero-order valence-electron chi connectivity index (χ0n) is 23.6. The van der Waals surface area contributed by atoms with Gasteiger partial charge in [-0.15, -0.1) is 0 Å². The SMILES string of the molecule is C[C@H]1c2ccc(NC(=O)CN3CCCCC3)c(O)c2C(O)=C2C(=O)[C@]3(O)C(O)=C(C(N)=O)C(=O)[C@@H](N(C)C)[C@@H]3[C@@H](O)C21. The van der Waals surface area contributed by atoms with Crippen molar-refractivity contribution in [3.8, 4) is 5.75 Å². The van der Waals surface area contributed by atoms with Crippen LogP contribution in [0.25, 0.3) is 5.76 Å². The smallest absolute Gasteiger partial charge is 0.255 e. The summed E-state index contributed by atoms with van der Waals surface area (Å²) in [5.74, 6) is -10.1. The number of fused-ring (bicyclic) bond motifs is 3. The number of aliphatic hydroxyl groups is 4. The van der Waals surface area contributed by atoms with E-state index in [-0.39, 0.29) is 23.7 Å². The van der Waals surface area contributed by atoms with Crippen molar-refractivity contribution in [1.29, 1.82) is 0 Å². The van der Waals surface area contributed by atoms with Gasteiger partial charge in [0.15, 0.2) is 11.4 Å². The van der Waals surface area contributed by atoms with E-state index in [4.69, 9.17) is 5.73 Å². The maximum atomic E-state index is 14.1. The van der Waals surface area contributed by atoms with Crippen LogP contribution in [0.2, 0.25) is 0 Å². The minimum Gasteiger partial charge on any atom is -0.508 e. The van der Waals surface area contributed by atoms with E-state index in [1.165, 1.54) is 25.1 Å². The summed E-state index contributed by atoms with van der Waals surface area (Å²) in [5.41, 5.74) is 1.05. The Balaban J connectivity index is 1.61. The molecule has 42 heavy (non-hydrogen) atoms. The van der Waals surface area contributed by atoms with E-state index in [1.807, 2.05) is 4.90 Å². The molecule has 13 heteroatoms. The highest BCUT2D eigenvalue weighted by molar-refractivity contribution is 6.24. The number of phenolic OH excluding ortho intramolecular Hbond substituents is 1. The molecule has 13 nitrogen and oxygen atoms in total. The normalized spacial score (nSPS) is 31.5. The van der Waals surface area contributed by atoms with Gasteiger partial charge in [0, 0.05) is 11.5 Å². The van der Waals surface area contributed by atoms with E-state index in [1.54, 1.807) is 13.0 Å². The Morgan fingerprint density at radius 3 is 2.36 bits per heavy atom. The highest BCUT2D eigenvalue weighted by Gasteiger charge is 2.68. The number of nitrogens with one attached hydrogen (secondary N) is 1. The van der Waals surface area contributed by atoms with Crippen molar-refractivity contribution in [2.75, 3.05) is 39.0 Å². The van der Waals surface area contributed by atoms with Gasteiger partial charge in [0.25, 0.3) is 5.91 Å². The molecule has 226 valence electrons. The molecule has 1 saturated carbocycles. The summed E-state index contributed by atoms with van der Waals surface area (Å²) in [5, 5.41) is 59.7. The van der Waals surface area contributed by atoms with Crippen molar-refractivity contribution in [2.45, 2.75) is 49.9 Å². The second-order valence-corrected chi connectivity index (χ2v) is 11.9. The maximum Gasteiger partial charge on any atom is 0.255 e. The van der Waals surface area contributed by atoms with Crippen molar-refractivity contribution < 1.29 is 44.7 Å². The fourth-order valence-electron chi connectivity index (χ4n) is 7.23. The minimum absolute atomic E-state index is 0.0105. The predicted molar refractivity (Wildman–Crippen MR) is 149 cm³/mol. The number of benzene rings is 1. The Morgan fingerprint density at radius 2 is 1.76 bits per heavy atom. The molecule has 1 aromatic carbocycles. The number of anilines is 1. The molecule has 8 N–H and O–H groups in total. The number of carbonyl (C=O) groups excluding carboxylic acids is 4. The minimum atomic E-state index is -2.99. The highest BCUT2D eigenvalue weighted by atomic mass is 16.4. The molecular weight excluding hydrogens is 548 g/mol. The Morgan fingerprint density at radius 1 is 1.12 bits per heavy atom. The zero-order chi connectivity index (χ0) is 30.8. The van der Waals surface area contributed by atoms with Crippen LogP contribution in [0.1, 0.15) is 43.2 Å². The Hall–Kier alpha value is -3.78. The van der Waals surface area contributed by atoms with Gasteiger partial charge in [-0.25, -0.2) is 0 Å². The fourth-order valence-corrected chi connectivity index (χ4v) is 7.23. The average molecular weight is 585 g/mol. The molecule has 6 atom stereocenters. The van der Waals surface area contributed by atoms with Crippen LogP contribution in [0.15, 0.2) is 29.0 Å². The number of hydrogen-bond donors (Lipinski definition) is 7. The van der Waals surface area contributed by atoms with Gasteiger partial charge in [-0.05, 0) is 57.6 Å². The van der Waals surface area contributed by atoms with Crippen LogP contribution in [0.4, 0.5) is 5.69 Å². The summed E-state index contributed by atoms with van der Waals surface area (Å²) < 4.78 is 0. The first-order chi connectivity index (χ1) is 19.7. The van der Waals surface area contributed by atoms with E-state index >= 15 is 0 Å². The lowest BCUT2D eigenvalue weighted by Crippen LogP contribution is -2.70. The number of nitrogens with two attached hydrogens (primary N) is 1. The molecule has 2 amide bonds. The molecule has 0 radical (unpaired) electrons. The Kier molecular flexibility index (Phi) is 7.42. The van der Waals surface area contributed by atoms with Crippen LogP contribution in [0, 0.1) is 11.8 Å². The quantitative estimate of drug-likeness (QED) is 0.179. The van der Waals surface area contributed by atoms with E-state index in [2.05, 4.69) is 5.32 Å². The summed E-state index contributed by atoms with van der Waals surface area (Å²) in [7, 11) is 2.89.